The van der Waals surface area contributed by atoms with E-state index in [1.54, 1.807) is 6.08 Å². The van der Waals surface area contributed by atoms with Gasteiger partial charge in [-0.05, 0) is 64.2 Å². The molecule has 2 unspecified atom stereocenters. The molecule has 0 aromatic heterocycles. The van der Waals surface area contributed by atoms with Crippen LogP contribution in [0.5, 0.6) is 0 Å². The molecule has 0 bridgehead atoms. The minimum atomic E-state index is -0.863. The van der Waals surface area contributed by atoms with Gasteiger partial charge < -0.3 is 15.5 Å². The van der Waals surface area contributed by atoms with Crippen LogP contribution in [-0.2, 0) is 4.79 Å². The highest BCUT2D eigenvalue weighted by atomic mass is 16.3. The second-order valence-electron chi connectivity index (χ2n) is 20.1. The lowest BCUT2D eigenvalue weighted by molar-refractivity contribution is -0.123. The van der Waals surface area contributed by atoms with E-state index in [2.05, 4.69) is 55.6 Å². The van der Waals surface area contributed by atoms with Crippen molar-refractivity contribution in [2.24, 2.45) is 0 Å². The first kappa shape index (κ1) is 63.4. The predicted octanol–water partition coefficient (Wildman–Crippen LogP) is 19.4. The third kappa shape index (κ3) is 53.2. The van der Waals surface area contributed by atoms with E-state index in [1.165, 1.54) is 257 Å². The highest BCUT2D eigenvalue weighted by molar-refractivity contribution is 5.76. The van der Waals surface area contributed by atoms with Gasteiger partial charge >= 0.3 is 0 Å². The van der Waals surface area contributed by atoms with E-state index in [0.29, 0.717) is 6.42 Å². The molecule has 0 spiro atoms. The molecule has 0 rings (SSSR count). The molecule has 0 aromatic rings. The van der Waals surface area contributed by atoms with Gasteiger partial charge in [0.2, 0.25) is 5.91 Å². The SMILES string of the molecule is CCCCCCC/C=C\C/C=C\CCCCCCCCCCCCCCCCCCCC(=O)NC(CO)C(O)/C=C/CC/C=C/CCCCCCCCCCCCCCCCCCCC. The van der Waals surface area contributed by atoms with Gasteiger partial charge in [0.25, 0.3) is 0 Å². The van der Waals surface area contributed by atoms with Gasteiger partial charge in [-0.1, -0.05) is 294 Å². The van der Waals surface area contributed by atoms with Gasteiger partial charge in [0, 0.05) is 6.42 Å². The van der Waals surface area contributed by atoms with Gasteiger partial charge in [-0.25, -0.2) is 0 Å². The summed E-state index contributed by atoms with van der Waals surface area (Å²) in [5.74, 6) is -0.0695. The van der Waals surface area contributed by atoms with Crippen molar-refractivity contribution in [3.63, 3.8) is 0 Å². The number of rotatable bonds is 54. The molecule has 0 aromatic carbocycles. The van der Waals surface area contributed by atoms with Gasteiger partial charge in [-0.2, -0.15) is 0 Å². The van der Waals surface area contributed by atoms with E-state index in [1.807, 2.05) is 6.08 Å². The zero-order valence-electron chi connectivity index (χ0n) is 44.0. The summed E-state index contributed by atoms with van der Waals surface area (Å²) in [6, 6.07) is -0.640. The van der Waals surface area contributed by atoms with Crippen molar-refractivity contribution in [2.45, 2.75) is 328 Å². The molecule has 0 saturated heterocycles. The minimum Gasteiger partial charge on any atom is -0.394 e. The normalized spacial score (nSPS) is 13.1. The monoisotopic (exact) mass is 910 g/mol. The maximum Gasteiger partial charge on any atom is 0.220 e. The number of allylic oxidation sites excluding steroid dienone is 7. The Morgan fingerprint density at radius 2 is 0.646 bits per heavy atom. The topological polar surface area (TPSA) is 69.6 Å². The second-order valence-corrected chi connectivity index (χ2v) is 20.1. The van der Waals surface area contributed by atoms with Gasteiger partial charge in [0.05, 0.1) is 18.8 Å². The van der Waals surface area contributed by atoms with Crippen LogP contribution in [0.1, 0.15) is 316 Å². The summed E-state index contributed by atoms with van der Waals surface area (Å²) in [7, 11) is 0. The fourth-order valence-corrected chi connectivity index (χ4v) is 9.05. The van der Waals surface area contributed by atoms with Gasteiger partial charge in [-0.15, -0.1) is 0 Å². The molecule has 0 radical (unpaired) electrons. The zero-order chi connectivity index (χ0) is 47.0. The lowest BCUT2D eigenvalue weighted by Crippen LogP contribution is -2.45. The summed E-state index contributed by atoms with van der Waals surface area (Å²) in [6.07, 6.45) is 78.6. The molecular formula is C61H115NO3. The maximum atomic E-state index is 12.5. The molecule has 0 aliphatic heterocycles. The van der Waals surface area contributed by atoms with Crippen molar-refractivity contribution >= 4 is 5.91 Å². The van der Waals surface area contributed by atoms with Crippen LogP contribution in [0.4, 0.5) is 0 Å². The fraction of sp³-hybridized carbons (Fsp3) is 0.852. The highest BCUT2D eigenvalue weighted by Crippen LogP contribution is 2.17. The van der Waals surface area contributed by atoms with Crippen LogP contribution in [0.25, 0.3) is 0 Å². The van der Waals surface area contributed by atoms with Gasteiger partial charge in [0.1, 0.15) is 0 Å². The lowest BCUT2D eigenvalue weighted by atomic mass is 10.0. The number of aliphatic hydroxyl groups is 2. The first-order chi connectivity index (χ1) is 32.2. The third-order valence-corrected chi connectivity index (χ3v) is 13.5. The average molecular weight is 911 g/mol. The van der Waals surface area contributed by atoms with Gasteiger partial charge in [0.15, 0.2) is 0 Å². The number of hydrogen-bond acceptors (Lipinski definition) is 3. The Kier molecular flexibility index (Phi) is 55.2. The van der Waals surface area contributed by atoms with Crippen LogP contribution in [-0.4, -0.2) is 34.9 Å². The molecule has 0 heterocycles. The van der Waals surface area contributed by atoms with Crippen molar-refractivity contribution in [2.75, 3.05) is 6.61 Å². The standard InChI is InChI=1S/C61H115NO3/c1-3-5-7-9-11-13-15-17-19-21-23-25-27-29-30-31-32-33-35-37-39-41-43-45-47-49-51-53-55-57-61(65)62-59(58-63)60(64)56-54-52-50-48-46-44-42-40-38-36-34-28-26-24-22-20-18-16-14-12-10-8-6-4-2/h15,17,21,23,46,48,54,56,59-60,63-64H,3-14,16,18-20,22,24-45,47,49-53,55,57-58H2,1-2H3,(H,62,65)/b17-15-,23-21-,48-46+,56-54+. The number of nitrogens with one attached hydrogen (secondary N) is 1. The van der Waals surface area contributed by atoms with Gasteiger partial charge in [-0.3, -0.25) is 4.79 Å². The Balaban J connectivity index is 3.50. The Hall–Kier alpha value is -1.65. The van der Waals surface area contributed by atoms with Crippen LogP contribution in [0, 0.1) is 0 Å². The maximum absolute atomic E-state index is 12.5. The third-order valence-electron chi connectivity index (χ3n) is 13.5. The van der Waals surface area contributed by atoms with Crippen molar-refractivity contribution in [3.8, 4) is 0 Å². The summed E-state index contributed by atoms with van der Waals surface area (Å²) in [6.45, 7) is 4.32. The molecular weight excluding hydrogens is 795 g/mol. The minimum absolute atomic E-state index is 0.0695. The van der Waals surface area contributed by atoms with Crippen LogP contribution >= 0.6 is 0 Å². The molecule has 4 heteroatoms. The van der Waals surface area contributed by atoms with E-state index in [0.717, 1.165) is 38.5 Å². The average Bonchev–Trinajstić information content (AvgIpc) is 3.31. The van der Waals surface area contributed by atoms with Crippen molar-refractivity contribution in [3.05, 3.63) is 48.6 Å². The Bertz CT molecular complexity index is 1030. The number of carbonyl (C=O) groups is 1. The van der Waals surface area contributed by atoms with Crippen LogP contribution in [0.3, 0.4) is 0 Å². The molecule has 65 heavy (non-hydrogen) atoms. The number of unbranched alkanes of at least 4 members (excludes halogenated alkanes) is 41. The Morgan fingerprint density at radius 1 is 0.369 bits per heavy atom. The molecule has 0 fully saturated rings. The largest absolute Gasteiger partial charge is 0.394 e. The molecule has 4 nitrogen and oxygen atoms in total. The predicted molar refractivity (Wildman–Crippen MR) is 290 cm³/mol. The Morgan fingerprint density at radius 3 is 0.985 bits per heavy atom. The second kappa shape index (κ2) is 56.7. The van der Waals surface area contributed by atoms with Crippen molar-refractivity contribution in [1.82, 2.24) is 5.32 Å². The first-order valence-corrected chi connectivity index (χ1v) is 29.4. The van der Waals surface area contributed by atoms with E-state index in [9.17, 15) is 15.0 Å². The molecule has 3 N–H and O–H groups in total. The van der Waals surface area contributed by atoms with Crippen LogP contribution < -0.4 is 5.32 Å². The number of aliphatic hydroxyl groups excluding tert-OH is 2. The summed E-state index contributed by atoms with van der Waals surface area (Å²) in [5, 5.41) is 23.2. The molecule has 2 atom stereocenters. The smallest absolute Gasteiger partial charge is 0.220 e. The summed E-state index contributed by atoms with van der Waals surface area (Å²) >= 11 is 0. The first-order valence-electron chi connectivity index (χ1n) is 29.4. The lowest BCUT2D eigenvalue weighted by Gasteiger charge is -2.19. The van der Waals surface area contributed by atoms with Crippen molar-refractivity contribution in [1.29, 1.82) is 0 Å². The Labute approximate surface area is 407 Å². The number of hydrogen-bond donors (Lipinski definition) is 3. The number of amides is 1. The highest BCUT2D eigenvalue weighted by Gasteiger charge is 2.18. The van der Waals surface area contributed by atoms with Crippen LogP contribution in [0.2, 0.25) is 0 Å². The zero-order valence-corrected chi connectivity index (χ0v) is 44.0. The van der Waals surface area contributed by atoms with E-state index >= 15 is 0 Å². The van der Waals surface area contributed by atoms with E-state index in [4.69, 9.17) is 0 Å². The summed E-state index contributed by atoms with van der Waals surface area (Å²) < 4.78 is 0. The van der Waals surface area contributed by atoms with E-state index < -0.39 is 12.1 Å². The summed E-state index contributed by atoms with van der Waals surface area (Å²) in [4.78, 5) is 12.5. The summed E-state index contributed by atoms with van der Waals surface area (Å²) in [5.41, 5.74) is 0. The van der Waals surface area contributed by atoms with Crippen LogP contribution in [0.15, 0.2) is 48.6 Å². The van der Waals surface area contributed by atoms with Crippen molar-refractivity contribution < 1.29 is 15.0 Å². The van der Waals surface area contributed by atoms with E-state index in [-0.39, 0.29) is 12.5 Å². The molecule has 0 saturated carbocycles. The number of carbonyl (C=O) groups excluding carboxylic acids is 1. The molecule has 1 amide bonds. The fourth-order valence-electron chi connectivity index (χ4n) is 9.05. The molecule has 382 valence electrons. The molecule has 0 aliphatic carbocycles. The quantitative estimate of drug-likeness (QED) is 0.0421. The molecule has 0 aliphatic rings.